The molecule has 2 aliphatic heterocycles. The molecule has 20 heavy (non-hydrogen) atoms. The van der Waals surface area contributed by atoms with E-state index in [1.54, 1.807) is 0 Å². The van der Waals surface area contributed by atoms with Gasteiger partial charge < -0.3 is 14.2 Å². The van der Waals surface area contributed by atoms with Gasteiger partial charge in [-0.15, -0.1) is 0 Å². The van der Waals surface area contributed by atoms with E-state index in [-0.39, 0.29) is 19.2 Å². The van der Waals surface area contributed by atoms with Crippen LogP contribution in [0.15, 0.2) is 12.1 Å². The molecular weight excluding hydrogens is 282 g/mol. The minimum Gasteiger partial charge on any atom is -0.454 e. The van der Waals surface area contributed by atoms with Crippen LogP contribution in [-0.2, 0) is 27.7 Å². The van der Waals surface area contributed by atoms with Crippen LogP contribution in [-0.4, -0.2) is 45.5 Å². The minimum absolute atomic E-state index is 0.0172. The summed E-state index contributed by atoms with van der Waals surface area (Å²) in [4.78, 5) is 0. The van der Waals surface area contributed by atoms with E-state index in [1.165, 1.54) is 11.4 Å². The lowest BCUT2D eigenvalue weighted by atomic mass is 10.0. The summed E-state index contributed by atoms with van der Waals surface area (Å²) in [5, 5.41) is 0. The Kier molecular flexibility index (Phi) is 3.57. The molecule has 0 atom stereocenters. The Hall–Kier alpha value is -1.31. The van der Waals surface area contributed by atoms with Crippen molar-refractivity contribution < 1.29 is 22.6 Å². The molecule has 0 fully saturated rings. The van der Waals surface area contributed by atoms with Crippen LogP contribution in [0.1, 0.15) is 11.1 Å². The number of hydrogen-bond donors (Lipinski definition) is 0. The fraction of sp³-hybridized carbons (Fsp3) is 0.538. The van der Waals surface area contributed by atoms with Gasteiger partial charge in [0.05, 0.1) is 12.4 Å². The topological polar surface area (TPSA) is 65.1 Å². The highest BCUT2D eigenvalue weighted by molar-refractivity contribution is 7.89. The second kappa shape index (κ2) is 5.23. The van der Waals surface area contributed by atoms with Gasteiger partial charge in [0.25, 0.3) is 0 Å². The summed E-state index contributed by atoms with van der Waals surface area (Å²) in [5.74, 6) is 1.46. The summed E-state index contributed by atoms with van der Waals surface area (Å²) >= 11 is 0. The quantitative estimate of drug-likeness (QED) is 0.821. The first-order chi connectivity index (χ1) is 9.60. The lowest BCUT2D eigenvalue weighted by Crippen LogP contribution is -2.38. The summed E-state index contributed by atoms with van der Waals surface area (Å²) < 4.78 is 41.4. The average molecular weight is 299 g/mol. The van der Waals surface area contributed by atoms with Gasteiger partial charge in [0.1, 0.15) is 0 Å². The number of ether oxygens (including phenoxy) is 3. The summed E-state index contributed by atoms with van der Waals surface area (Å²) in [6.45, 7) is 1.33. The Morgan fingerprint density at radius 3 is 2.65 bits per heavy atom. The van der Waals surface area contributed by atoms with Gasteiger partial charge in [0.2, 0.25) is 16.8 Å². The van der Waals surface area contributed by atoms with Gasteiger partial charge in [-0.3, -0.25) is 0 Å². The molecule has 110 valence electrons. The highest BCUT2D eigenvalue weighted by Gasteiger charge is 2.28. The Bertz CT molecular complexity index is 613. The van der Waals surface area contributed by atoms with E-state index in [0.717, 1.165) is 16.9 Å². The van der Waals surface area contributed by atoms with Crippen molar-refractivity contribution in [2.24, 2.45) is 0 Å². The molecule has 0 spiro atoms. The lowest BCUT2D eigenvalue weighted by Gasteiger charge is -2.28. The van der Waals surface area contributed by atoms with Crippen molar-refractivity contribution >= 4 is 10.0 Å². The number of hydrogen-bond acceptors (Lipinski definition) is 5. The number of fused-ring (bicyclic) bond motifs is 2. The van der Waals surface area contributed by atoms with Crippen LogP contribution in [0.3, 0.4) is 0 Å². The number of nitrogens with zero attached hydrogens (tertiary/aromatic N) is 1. The second-order valence-electron chi connectivity index (χ2n) is 4.87. The first-order valence-corrected chi connectivity index (χ1v) is 8.09. The van der Waals surface area contributed by atoms with Gasteiger partial charge in [0, 0.05) is 20.2 Å². The van der Waals surface area contributed by atoms with Gasteiger partial charge >= 0.3 is 0 Å². The van der Waals surface area contributed by atoms with Crippen molar-refractivity contribution in [3.63, 3.8) is 0 Å². The molecule has 0 N–H and O–H groups in total. The summed E-state index contributed by atoms with van der Waals surface area (Å²) in [5.41, 5.74) is 2.12. The molecule has 2 aliphatic rings. The molecule has 0 radical (unpaired) electrons. The molecule has 7 heteroatoms. The fourth-order valence-corrected chi connectivity index (χ4v) is 3.82. The average Bonchev–Trinajstić information content (AvgIpc) is 2.89. The Morgan fingerprint density at radius 2 is 1.95 bits per heavy atom. The Morgan fingerprint density at radius 1 is 1.25 bits per heavy atom. The van der Waals surface area contributed by atoms with Crippen molar-refractivity contribution in [3.8, 4) is 11.5 Å². The predicted molar refractivity (Wildman–Crippen MR) is 72.3 cm³/mol. The molecule has 0 bridgehead atoms. The standard InChI is InChI=1S/C13H17NO5S/c1-17-4-5-20(15,16)14-3-2-10-6-12-13(19-9-18-12)7-11(10)8-14/h6-7H,2-5,8-9H2,1H3. The first-order valence-electron chi connectivity index (χ1n) is 6.48. The van der Waals surface area contributed by atoms with Crippen LogP contribution in [0.4, 0.5) is 0 Å². The number of methoxy groups -OCH3 is 1. The maximum absolute atomic E-state index is 12.2. The van der Waals surface area contributed by atoms with E-state index in [2.05, 4.69) is 0 Å². The van der Waals surface area contributed by atoms with E-state index in [1.807, 2.05) is 12.1 Å². The largest absolute Gasteiger partial charge is 0.454 e. The van der Waals surface area contributed by atoms with Crippen LogP contribution in [0, 0.1) is 0 Å². The molecule has 0 unspecified atom stereocenters. The van der Waals surface area contributed by atoms with Gasteiger partial charge in [-0.1, -0.05) is 0 Å². The third-order valence-corrected chi connectivity index (χ3v) is 5.39. The normalized spacial score (nSPS) is 18.1. The third-order valence-electron chi connectivity index (χ3n) is 3.61. The zero-order valence-electron chi connectivity index (χ0n) is 11.3. The van der Waals surface area contributed by atoms with Crippen LogP contribution < -0.4 is 9.47 Å². The maximum atomic E-state index is 12.2. The van der Waals surface area contributed by atoms with E-state index < -0.39 is 10.0 Å². The van der Waals surface area contributed by atoms with Crippen molar-refractivity contribution in [3.05, 3.63) is 23.3 Å². The van der Waals surface area contributed by atoms with Gasteiger partial charge in [-0.2, -0.15) is 4.31 Å². The van der Waals surface area contributed by atoms with Crippen molar-refractivity contribution in [1.82, 2.24) is 4.31 Å². The molecule has 0 saturated carbocycles. The predicted octanol–water partition coefficient (Wildman–Crippen LogP) is 0.750. The molecule has 0 aromatic heterocycles. The molecule has 0 amide bonds. The maximum Gasteiger partial charge on any atom is 0.231 e. The smallest absolute Gasteiger partial charge is 0.231 e. The summed E-state index contributed by atoms with van der Waals surface area (Å²) in [6.07, 6.45) is 0.693. The zero-order valence-corrected chi connectivity index (χ0v) is 12.1. The number of sulfonamides is 1. The van der Waals surface area contributed by atoms with Gasteiger partial charge in [-0.25, -0.2) is 8.42 Å². The zero-order chi connectivity index (χ0) is 14.2. The van der Waals surface area contributed by atoms with Gasteiger partial charge in [-0.05, 0) is 29.7 Å². The number of benzene rings is 1. The third kappa shape index (κ3) is 2.48. The molecule has 3 rings (SSSR count). The van der Waals surface area contributed by atoms with E-state index in [4.69, 9.17) is 14.2 Å². The highest BCUT2D eigenvalue weighted by Crippen LogP contribution is 2.37. The summed E-state index contributed by atoms with van der Waals surface area (Å²) in [6, 6.07) is 3.84. The highest BCUT2D eigenvalue weighted by atomic mass is 32.2. The van der Waals surface area contributed by atoms with Crippen LogP contribution in [0.25, 0.3) is 0 Å². The Balaban J connectivity index is 1.82. The molecule has 6 nitrogen and oxygen atoms in total. The Labute approximate surface area is 118 Å². The van der Waals surface area contributed by atoms with Crippen molar-refractivity contribution in [2.45, 2.75) is 13.0 Å². The van der Waals surface area contributed by atoms with E-state index in [9.17, 15) is 8.42 Å². The van der Waals surface area contributed by atoms with E-state index in [0.29, 0.717) is 25.3 Å². The van der Waals surface area contributed by atoms with Gasteiger partial charge in [0.15, 0.2) is 11.5 Å². The van der Waals surface area contributed by atoms with E-state index >= 15 is 0 Å². The molecule has 0 saturated heterocycles. The van der Waals surface area contributed by atoms with Crippen LogP contribution >= 0.6 is 0 Å². The fourth-order valence-electron chi connectivity index (χ4n) is 2.48. The summed E-state index contributed by atoms with van der Waals surface area (Å²) in [7, 11) is -1.76. The molecule has 0 aliphatic carbocycles. The molecule has 1 aromatic rings. The SMILES string of the molecule is COCCS(=O)(=O)N1CCc2cc3c(cc2C1)OCO3. The molecule has 2 heterocycles. The number of rotatable bonds is 4. The second-order valence-corrected chi connectivity index (χ2v) is 6.96. The monoisotopic (exact) mass is 299 g/mol. The van der Waals surface area contributed by atoms with Crippen molar-refractivity contribution in [2.75, 3.05) is 32.8 Å². The minimum atomic E-state index is -3.27. The van der Waals surface area contributed by atoms with Crippen LogP contribution in [0.2, 0.25) is 0 Å². The van der Waals surface area contributed by atoms with Crippen molar-refractivity contribution in [1.29, 1.82) is 0 Å². The van der Waals surface area contributed by atoms with Crippen LogP contribution in [0.5, 0.6) is 11.5 Å². The first kappa shape index (κ1) is 13.7. The molecular formula is C13H17NO5S. The molecule has 1 aromatic carbocycles. The lowest BCUT2D eigenvalue weighted by molar-refractivity contribution is 0.174.